The summed E-state index contributed by atoms with van der Waals surface area (Å²) in [7, 11) is 0. The molecule has 0 radical (unpaired) electrons. The average molecular weight is 335 g/mol. The molecule has 5 aliphatic rings. The third-order valence-corrected chi connectivity index (χ3v) is 5.62. The molecule has 3 saturated heterocycles. The van der Waals surface area contributed by atoms with Crippen LogP contribution in [0.3, 0.4) is 0 Å². The van der Waals surface area contributed by atoms with E-state index >= 15 is 0 Å². The zero-order valence-corrected chi connectivity index (χ0v) is 14.2. The molecule has 3 atom stereocenters. The lowest BCUT2D eigenvalue weighted by atomic mass is 9.87. The minimum Gasteiger partial charge on any atom is -0.372 e. The van der Waals surface area contributed by atoms with Gasteiger partial charge in [0.2, 0.25) is 0 Å². The van der Waals surface area contributed by atoms with Crippen LogP contribution in [0.15, 0.2) is 47.1 Å². The van der Waals surface area contributed by atoms with Gasteiger partial charge in [-0.25, -0.2) is 4.79 Å². The number of urea groups is 1. The van der Waals surface area contributed by atoms with Crippen LogP contribution in [-0.4, -0.2) is 41.9 Å². The van der Waals surface area contributed by atoms with Gasteiger partial charge in [0.05, 0.1) is 23.6 Å². The Hall–Kier alpha value is -2.24. The summed E-state index contributed by atoms with van der Waals surface area (Å²) in [6, 6.07) is 6.27. The fraction of sp³-hybridized carbons (Fsp3) is 0.400. The topological polar surface area (TPSA) is 53.9 Å². The number of morpholine rings is 1. The Morgan fingerprint density at radius 3 is 2.92 bits per heavy atom. The molecule has 6 rings (SSSR count). The predicted octanol–water partition coefficient (Wildman–Crippen LogP) is 2.67. The highest BCUT2D eigenvalue weighted by Gasteiger charge is 2.38. The summed E-state index contributed by atoms with van der Waals surface area (Å²) in [6.45, 7) is 5.26. The van der Waals surface area contributed by atoms with Crippen LogP contribution in [0, 0.1) is 6.92 Å². The molecule has 25 heavy (non-hydrogen) atoms. The second kappa shape index (κ2) is 5.64. The molecular weight excluding hydrogens is 314 g/mol. The molecule has 3 fully saturated rings. The molecule has 2 bridgehead atoms. The smallest absolute Gasteiger partial charge is 0.346 e. The van der Waals surface area contributed by atoms with Crippen LogP contribution >= 0.6 is 0 Å². The Kier molecular flexibility index (Phi) is 3.40. The number of carbonyl (C=O) groups excluding carboxylic acids is 1. The first-order valence-electron chi connectivity index (χ1n) is 8.92. The third-order valence-electron chi connectivity index (χ3n) is 5.62. The van der Waals surface area contributed by atoms with Gasteiger partial charge in [0, 0.05) is 32.0 Å². The summed E-state index contributed by atoms with van der Waals surface area (Å²) in [6.07, 6.45) is 8.28. The second-order valence-corrected chi connectivity index (χ2v) is 7.33. The molecule has 0 aromatic heterocycles. The third kappa shape index (κ3) is 2.64. The Morgan fingerprint density at radius 2 is 2.12 bits per heavy atom. The number of hydrogen-bond acceptors (Lipinski definition) is 3. The van der Waals surface area contributed by atoms with Crippen LogP contribution in [0.2, 0.25) is 0 Å². The van der Waals surface area contributed by atoms with E-state index in [1.165, 1.54) is 23.1 Å². The van der Waals surface area contributed by atoms with Crippen LogP contribution < -0.4 is 5.32 Å². The summed E-state index contributed by atoms with van der Waals surface area (Å²) in [5.41, 5.74) is 5.57. The van der Waals surface area contributed by atoms with Crippen molar-refractivity contribution in [3.63, 3.8) is 0 Å². The van der Waals surface area contributed by atoms with Gasteiger partial charge in [-0.3, -0.25) is 4.90 Å². The predicted molar refractivity (Wildman–Crippen MR) is 95.7 cm³/mol. The Morgan fingerprint density at radius 1 is 1.32 bits per heavy atom. The minimum absolute atomic E-state index is 0.172. The van der Waals surface area contributed by atoms with E-state index in [1.807, 2.05) is 6.08 Å². The van der Waals surface area contributed by atoms with E-state index in [1.54, 1.807) is 0 Å². The fourth-order valence-electron chi connectivity index (χ4n) is 4.30. The normalized spacial score (nSPS) is 30.3. The minimum atomic E-state index is -0.275. The number of hydrogen-bond donors (Lipinski definition) is 1. The second-order valence-electron chi connectivity index (χ2n) is 7.33. The van der Waals surface area contributed by atoms with E-state index in [-0.39, 0.29) is 11.9 Å². The maximum absolute atomic E-state index is 11.4. The van der Waals surface area contributed by atoms with Gasteiger partial charge in [-0.05, 0) is 35.8 Å². The molecule has 1 aromatic carbocycles. The molecule has 2 amide bonds. The van der Waals surface area contributed by atoms with Crippen molar-refractivity contribution in [2.45, 2.75) is 38.0 Å². The lowest BCUT2D eigenvalue weighted by Gasteiger charge is -2.47. The van der Waals surface area contributed by atoms with Crippen LogP contribution in [-0.2, 0) is 11.3 Å². The SMILES string of the molecule is Cc1c(CN2CC3CC(C2)O3)cccc1C1C=CC2=NC(=O)NC2=C1. The van der Waals surface area contributed by atoms with Crippen LogP contribution in [0.5, 0.6) is 0 Å². The molecule has 1 N–H and O–H groups in total. The number of rotatable bonds is 3. The molecule has 1 aliphatic carbocycles. The summed E-state index contributed by atoms with van der Waals surface area (Å²) in [4.78, 5) is 17.9. The van der Waals surface area contributed by atoms with Crippen molar-refractivity contribution >= 4 is 11.7 Å². The number of ether oxygens (including phenoxy) is 1. The molecule has 0 spiro atoms. The number of nitrogens with one attached hydrogen (secondary N) is 1. The molecule has 5 nitrogen and oxygen atoms in total. The lowest BCUT2D eigenvalue weighted by Crippen LogP contribution is -2.56. The van der Waals surface area contributed by atoms with E-state index < -0.39 is 0 Å². The standard InChI is InChI=1S/C20H21N3O2/c1-12-14(9-23-10-15-8-16(11-23)25-15)3-2-4-17(12)13-5-6-18-19(7-13)22-20(24)21-18/h2-7,13,15-16H,8-11H2,1H3,(H,22,24). The molecule has 1 aromatic rings. The van der Waals surface area contributed by atoms with E-state index in [9.17, 15) is 4.79 Å². The first-order chi connectivity index (χ1) is 12.2. The first-order valence-corrected chi connectivity index (χ1v) is 8.92. The van der Waals surface area contributed by atoms with Crippen molar-refractivity contribution in [1.82, 2.24) is 10.2 Å². The summed E-state index contributed by atoms with van der Waals surface area (Å²) < 4.78 is 5.74. The molecule has 128 valence electrons. The van der Waals surface area contributed by atoms with Crippen molar-refractivity contribution in [1.29, 1.82) is 0 Å². The largest absolute Gasteiger partial charge is 0.372 e. The number of aliphatic imine (C=N–C) groups is 1. The van der Waals surface area contributed by atoms with Gasteiger partial charge in [0.15, 0.2) is 0 Å². The Balaban J connectivity index is 1.39. The van der Waals surface area contributed by atoms with Crippen LogP contribution in [0.25, 0.3) is 0 Å². The Labute approximate surface area is 147 Å². The molecule has 4 aliphatic heterocycles. The maximum atomic E-state index is 11.4. The number of benzene rings is 1. The highest BCUT2D eigenvalue weighted by atomic mass is 16.5. The van der Waals surface area contributed by atoms with E-state index in [0.717, 1.165) is 31.0 Å². The van der Waals surface area contributed by atoms with Gasteiger partial charge >= 0.3 is 6.03 Å². The van der Waals surface area contributed by atoms with Gasteiger partial charge < -0.3 is 10.1 Å². The maximum Gasteiger partial charge on any atom is 0.346 e. The summed E-state index contributed by atoms with van der Waals surface area (Å²) in [5, 5.41) is 2.81. The molecule has 4 heterocycles. The number of allylic oxidation sites excluding steroid dienone is 3. The summed E-state index contributed by atoms with van der Waals surface area (Å²) >= 11 is 0. The van der Waals surface area contributed by atoms with Crippen molar-refractivity contribution in [3.05, 3.63) is 58.8 Å². The average Bonchev–Trinajstić information content (AvgIpc) is 2.95. The highest BCUT2D eigenvalue weighted by Crippen LogP contribution is 2.32. The zero-order valence-electron chi connectivity index (χ0n) is 14.2. The van der Waals surface area contributed by atoms with Crippen molar-refractivity contribution < 1.29 is 9.53 Å². The Bertz CT molecular complexity index is 823. The van der Waals surface area contributed by atoms with Crippen molar-refractivity contribution in [2.75, 3.05) is 13.1 Å². The highest BCUT2D eigenvalue weighted by molar-refractivity contribution is 6.19. The number of amides is 2. The van der Waals surface area contributed by atoms with Crippen molar-refractivity contribution in [2.24, 2.45) is 4.99 Å². The molecule has 3 unspecified atom stereocenters. The van der Waals surface area contributed by atoms with Gasteiger partial charge in [-0.1, -0.05) is 24.3 Å². The summed E-state index contributed by atoms with van der Waals surface area (Å²) in [5.74, 6) is 0.172. The zero-order chi connectivity index (χ0) is 17.0. The number of piperidine rings is 1. The molecule has 5 heteroatoms. The number of fused-ring (bicyclic) bond motifs is 3. The monoisotopic (exact) mass is 335 g/mol. The van der Waals surface area contributed by atoms with Gasteiger partial charge in [0.1, 0.15) is 0 Å². The molecule has 0 saturated carbocycles. The number of nitrogens with zero attached hydrogens (tertiary/aromatic N) is 2. The number of carbonyl (C=O) groups is 1. The van der Waals surface area contributed by atoms with Crippen LogP contribution in [0.4, 0.5) is 4.79 Å². The van der Waals surface area contributed by atoms with E-state index in [4.69, 9.17) is 4.74 Å². The van der Waals surface area contributed by atoms with Crippen LogP contribution in [0.1, 0.15) is 29.0 Å². The lowest BCUT2D eigenvalue weighted by molar-refractivity contribution is -0.182. The van der Waals surface area contributed by atoms with Gasteiger partial charge in [-0.15, -0.1) is 0 Å². The fourth-order valence-corrected chi connectivity index (χ4v) is 4.30. The quantitative estimate of drug-likeness (QED) is 0.924. The van der Waals surface area contributed by atoms with E-state index in [2.05, 4.69) is 52.5 Å². The first kappa shape index (κ1) is 15.0. The molecular formula is C20H21N3O2. The van der Waals surface area contributed by atoms with Gasteiger partial charge in [-0.2, -0.15) is 4.99 Å². The van der Waals surface area contributed by atoms with E-state index in [0.29, 0.717) is 12.2 Å². The van der Waals surface area contributed by atoms with Crippen molar-refractivity contribution in [3.8, 4) is 0 Å². The van der Waals surface area contributed by atoms with Gasteiger partial charge in [0.25, 0.3) is 0 Å².